The zero-order chi connectivity index (χ0) is 17.9. The summed E-state index contributed by atoms with van der Waals surface area (Å²) in [6, 6.07) is 14.3. The molecule has 1 N–H and O–H groups in total. The zero-order valence-electron chi connectivity index (χ0n) is 14.4. The molecule has 5 heteroatoms. The quantitative estimate of drug-likeness (QED) is 0.788. The molecule has 0 bridgehead atoms. The second-order valence-electron chi connectivity index (χ2n) is 4.93. The molecule has 0 aliphatic rings. The van der Waals surface area contributed by atoms with E-state index in [0.717, 1.165) is 5.75 Å². The van der Waals surface area contributed by atoms with Crippen LogP contribution in [0.2, 0.25) is 0 Å². The van der Waals surface area contributed by atoms with Crippen LogP contribution in [0.15, 0.2) is 48.5 Å². The Morgan fingerprint density at radius 2 is 1.72 bits per heavy atom. The Kier molecular flexibility index (Phi) is 7.20. The van der Waals surface area contributed by atoms with Gasteiger partial charge >= 0.3 is 0 Å². The Morgan fingerprint density at radius 3 is 2.40 bits per heavy atom. The van der Waals surface area contributed by atoms with Crippen molar-refractivity contribution < 1.29 is 19.0 Å². The van der Waals surface area contributed by atoms with Crippen molar-refractivity contribution in [3.05, 3.63) is 54.1 Å². The maximum atomic E-state index is 12.0. The molecule has 0 fully saturated rings. The molecular weight excluding hydrogens is 318 g/mol. The van der Waals surface area contributed by atoms with Crippen LogP contribution in [0, 0.1) is 11.8 Å². The van der Waals surface area contributed by atoms with Gasteiger partial charge in [-0.1, -0.05) is 24.0 Å². The summed E-state index contributed by atoms with van der Waals surface area (Å²) in [7, 11) is 1.59. The Bertz CT molecular complexity index is 744. The maximum Gasteiger partial charge on any atom is 0.252 e. The lowest BCUT2D eigenvalue weighted by atomic mass is 10.2. The van der Waals surface area contributed by atoms with Crippen LogP contribution in [-0.4, -0.2) is 32.8 Å². The molecule has 2 aromatic rings. The first-order chi connectivity index (χ1) is 12.2. The van der Waals surface area contributed by atoms with Crippen molar-refractivity contribution in [1.82, 2.24) is 5.32 Å². The third-order valence-corrected chi connectivity index (χ3v) is 3.26. The second-order valence-corrected chi connectivity index (χ2v) is 4.93. The van der Waals surface area contributed by atoms with E-state index in [9.17, 15) is 4.79 Å². The van der Waals surface area contributed by atoms with Crippen LogP contribution in [0.25, 0.3) is 0 Å². The molecule has 0 radical (unpaired) electrons. The number of carbonyl (C=O) groups excluding carboxylic acids is 1. The van der Waals surface area contributed by atoms with Gasteiger partial charge in [-0.3, -0.25) is 4.79 Å². The fraction of sp³-hybridized carbons (Fsp3) is 0.250. The van der Waals surface area contributed by atoms with E-state index in [1.807, 2.05) is 31.2 Å². The van der Waals surface area contributed by atoms with E-state index in [1.54, 1.807) is 31.4 Å². The van der Waals surface area contributed by atoms with E-state index in [1.165, 1.54) is 0 Å². The molecule has 2 aromatic carbocycles. The van der Waals surface area contributed by atoms with Crippen molar-refractivity contribution in [2.45, 2.75) is 6.92 Å². The van der Waals surface area contributed by atoms with Crippen LogP contribution >= 0.6 is 0 Å². The predicted molar refractivity (Wildman–Crippen MR) is 96.2 cm³/mol. The van der Waals surface area contributed by atoms with Crippen molar-refractivity contribution in [2.75, 3.05) is 26.9 Å². The highest BCUT2D eigenvalue weighted by molar-refractivity contribution is 5.94. The van der Waals surface area contributed by atoms with Crippen LogP contribution in [0.4, 0.5) is 0 Å². The SMILES string of the molecule is CCOc1ccc(C(=O)NCC#CCOc2ccccc2OC)cc1. The number of benzene rings is 2. The van der Waals surface area contributed by atoms with E-state index in [-0.39, 0.29) is 19.1 Å². The van der Waals surface area contributed by atoms with Gasteiger partial charge in [-0.05, 0) is 43.3 Å². The molecule has 130 valence electrons. The summed E-state index contributed by atoms with van der Waals surface area (Å²) in [5.41, 5.74) is 0.565. The van der Waals surface area contributed by atoms with Crippen LogP contribution in [0.3, 0.4) is 0 Å². The minimum absolute atomic E-state index is 0.178. The highest BCUT2D eigenvalue weighted by Gasteiger charge is 2.04. The Labute approximate surface area is 147 Å². The number of carbonyl (C=O) groups is 1. The molecule has 0 aliphatic heterocycles. The Balaban J connectivity index is 1.75. The van der Waals surface area contributed by atoms with E-state index in [2.05, 4.69) is 17.2 Å². The average Bonchev–Trinajstić information content (AvgIpc) is 2.65. The highest BCUT2D eigenvalue weighted by Crippen LogP contribution is 2.25. The first kappa shape index (κ1) is 18.2. The second kappa shape index (κ2) is 9.89. The number of hydrogen-bond donors (Lipinski definition) is 1. The molecule has 25 heavy (non-hydrogen) atoms. The summed E-state index contributed by atoms with van der Waals surface area (Å²) in [6.45, 7) is 2.98. The molecule has 0 spiro atoms. The maximum absolute atomic E-state index is 12.0. The van der Waals surface area contributed by atoms with Gasteiger partial charge in [-0.15, -0.1) is 0 Å². The lowest BCUT2D eigenvalue weighted by molar-refractivity contribution is 0.0958. The summed E-state index contributed by atoms with van der Waals surface area (Å²) in [5, 5.41) is 2.74. The Hall–Kier alpha value is -3.13. The summed E-state index contributed by atoms with van der Waals surface area (Å²) in [5.74, 6) is 7.57. The number of rotatable bonds is 7. The van der Waals surface area contributed by atoms with E-state index in [0.29, 0.717) is 23.7 Å². The van der Waals surface area contributed by atoms with Gasteiger partial charge in [-0.2, -0.15) is 0 Å². The lowest BCUT2D eigenvalue weighted by Gasteiger charge is -2.07. The van der Waals surface area contributed by atoms with E-state index < -0.39 is 0 Å². The van der Waals surface area contributed by atoms with Crippen molar-refractivity contribution in [2.24, 2.45) is 0 Å². The largest absolute Gasteiger partial charge is 0.494 e. The predicted octanol–water partition coefficient (Wildman–Crippen LogP) is 2.91. The van der Waals surface area contributed by atoms with Gasteiger partial charge in [0, 0.05) is 5.56 Å². The van der Waals surface area contributed by atoms with Crippen LogP contribution < -0.4 is 19.5 Å². The van der Waals surface area contributed by atoms with Gasteiger partial charge in [0.1, 0.15) is 12.4 Å². The fourth-order valence-electron chi connectivity index (χ4n) is 2.06. The van der Waals surface area contributed by atoms with Gasteiger partial charge in [0.15, 0.2) is 11.5 Å². The van der Waals surface area contributed by atoms with Crippen LogP contribution in [0.5, 0.6) is 17.2 Å². The summed E-state index contributed by atoms with van der Waals surface area (Å²) in [6.07, 6.45) is 0. The molecule has 5 nitrogen and oxygen atoms in total. The topological polar surface area (TPSA) is 56.8 Å². The molecule has 0 aromatic heterocycles. The molecule has 0 atom stereocenters. The molecule has 2 rings (SSSR count). The number of methoxy groups -OCH3 is 1. The Morgan fingerprint density at radius 1 is 1.00 bits per heavy atom. The van der Waals surface area contributed by atoms with Gasteiger partial charge in [-0.25, -0.2) is 0 Å². The number of para-hydroxylation sites is 2. The summed E-state index contributed by atoms with van der Waals surface area (Å²) >= 11 is 0. The van der Waals surface area contributed by atoms with Crippen LogP contribution in [-0.2, 0) is 0 Å². The van der Waals surface area contributed by atoms with E-state index >= 15 is 0 Å². The smallest absolute Gasteiger partial charge is 0.252 e. The molecule has 0 saturated carbocycles. The molecule has 0 unspecified atom stereocenters. The zero-order valence-corrected chi connectivity index (χ0v) is 14.4. The first-order valence-electron chi connectivity index (χ1n) is 7.97. The molecular formula is C20H21NO4. The normalized spacial score (nSPS) is 9.52. The average molecular weight is 339 g/mol. The number of ether oxygens (including phenoxy) is 3. The number of amides is 1. The van der Waals surface area contributed by atoms with Gasteiger partial charge < -0.3 is 19.5 Å². The van der Waals surface area contributed by atoms with Gasteiger partial charge in [0.25, 0.3) is 5.91 Å². The van der Waals surface area contributed by atoms with Crippen LogP contribution in [0.1, 0.15) is 17.3 Å². The summed E-state index contributed by atoms with van der Waals surface area (Å²) in [4.78, 5) is 12.0. The van der Waals surface area contributed by atoms with Crippen molar-refractivity contribution in [1.29, 1.82) is 0 Å². The monoisotopic (exact) mass is 339 g/mol. The molecule has 0 saturated heterocycles. The minimum atomic E-state index is -0.178. The molecule has 1 amide bonds. The molecule has 0 heterocycles. The van der Waals surface area contributed by atoms with E-state index in [4.69, 9.17) is 14.2 Å². The minimum Gasteiger partial charge on any atom is -0.494 e. The van der Waals surface area contributed by atoms with Gasteiger partial charge in [0.2, 0.25) is 0 Å². The van der Waals surface area contributed by atoms with Crippen molar-refractivity contribution >= 4 is 5.91 Å². The third-order valence-electron chi connectivity index (χ3n) is 3.26. The molecule has 0 aliphatic carbocycles. The van der Waals surface area contributed by atoms with Gasteiger partial charge in [0.05, 0.1) is 20.3 Å². The summed E-state index contributed by atoms with van der Waals surface area (Å²) < 4.78 is 16.1. The first-order valence-corrected chi connectivity index (χ1v) is 7.97. The van der Waals surface area contributed by atoms with Crippen molar-refractivity contribution in [3.8, 4) is 29.1 Å². The standard InChI is InChI=1S/C20H21NO4/c1-3-24-17-12-10-16(11-13-17)20(22)21-14-6-7-15-25-19-9-5-4-8-18(19)23-2/h4-5,8-13H,3,14-15H2,1-2H3,(H,21,22). The number of hydrogen-bond acceptors (Lipinski definition) is 4. The highest BCUT2D eigenvalue weighted by atomic mass is 16.5. The number of nitrogens with one attached hydrogen (secondary N) is 1. The van der Waals surface area contributed by atoms with Crippen molar-refractivity contribution in [3.63, 3.8) is 0 Å². The fourth-order valence-corrected chi connectivity index (χ4v) is 2.06. The lowest BCUT2D eigenvalue weighted by Crippen LogP contribution is -2.23. The third kappa shape index (κ3) is 5.78.